The standard InChI is InChI=1S/C20H18N4O3S2/c21-29(26,27)18-12-10-17(11-13-18)22-20(28)24-23-19(25)16-8-6-15(7-9-16)14-4-2-1-3-5-14/h1-13H,(H,23,25)(H2,21,26,27)(H2,22,24,28). The predicted octanol–water partition coefficient (Wildman–Crippen LogP) is 2.63. The van der Waals surface area contributed by atoms with Gasteiger partial charge in [0.25, 0.3) is 5.91 Å². The number of carbonyl (C=O) groups is 1. The SMILES string of the molecule is NS(=O)(=O)c1ccc(NC(=S)NNC(=O)c2ccc(-c3ccccc3)cc2)cc1. The fourth-order valence-electron chi connectivity index (χ4n) is 2.52. The fraction of sp³-hybridized carbons (Fsp3) is 0. The molecule has 0 aliphatic carbocycles. The highest BCUT2D eigenvalue weighted by Crippen LogP contribution is 2.19. The van der Waals surface area contributed by atoms with Crippen molar-refractivity contribution >= 4 is 38.9 Å². The maximum absolute atomic E-state index is 12.3. The zero-order chi connectivity index (χ0) is 20.9. The second-order valence-electron chi connectivity index (χ2n) is 6.05. The molecule has 3 aromatic rings. The summed E-state index contributed by atoms with van der Waals surface area (Å²) < 4.78 is 22.5. The lowest BCUT2D eigenvalue weighted by molar-refractivity contribution is 0.0944. The van der Waals surface area contributed by atoms with Crippen LogP contribution in [0.25, 0.3) is 11.1 Å². The van der Waals surface area contributed by atoms with Crippen LogP contribution in [0.1, 0.15) is 10.4 Å². The molecule has 29 heavy (non-hydrogen) atoms. The molecular formula is C20H18N4O3S2. The Bertz CT molecular complexity index is 1110. The zero-order valence-electron chi connectivity index (χ0n) is 15.1. The molecule has 0 saturated carbocycles. The Balaban J connectivity index is 1.54. The number of benzene rings is 3. The molecule has 7 nitrogen and oxygen atoms in total. The average molecular weight is 427 g/mol. The number of amides is 1. The van der Waals surface area contributed by atoms with Gasteiger partial charge in [-0.15, -0.1) is 0 Å². The number of nitrogens with two attached hydrogens (primary N) is 1. The second kappa shape index (κ2) is 8.82. The van der Waals surface area contributed by atoms with Gasteiger partial charge in [-0.25, -0.2) is 13.6 Å². The van der Waals surface area contributed by atoms with Gasteiger partial charge < -0.3 is 5.32 Å². The molecule has 0 aromatic heterocycles. The minimum Gasteiger partial charge on any atom is -0.331 e. The number of primary sulfonamides is 1. The van der Waals surface area contributed by atoms with Crippen molar-refractivity contribution in [2.75, 3.05) is 5.32 Å². The van der Waals surface area contributed by atoms with Crippen LogP contribution >= 0.6 is 12.2 Å². The Kier molecular flexibility index (Phi) is 6.23. The van der Waals surface area contributed by atoms with Crippen molar-refractivity contribution in [3.05, 3.63) is 84.4 Å². The van der Waals surface area contributed by atoms with E-state index in [9.17, 15) is 13.2 Å². The number of thiocarbonyl (C=S) groups is 1. The number of nitrogens with one attached hydrogen (secondary N) is 3. The molecule has 0 bridgehead atoms. The van der Waals surface area contributed by atoms with Crippen LogP contribution in [0.5, 0.6) is 0 Å². The Morgan fingerprint density at radius 3 is 1.97 bits per heavy atom. The number of rotatable bonds is 4. The lowest BCUT2D eigenvalue weighted by Crippen LogP contribution is -2.43. The summed E-state index contributed by atoms with van der Waals surface area (Å²) >= 11 is 5.12. The number of anilines is 1. The molecule has 1 amide bonds. The minimum atomic E-state index is -3.75. The van der Waals surface area contributed by atoms with Crippen molar-refractivity contribution in [2.45, 2.75) is 4.90 Å². The molecule has 0 atom stereocenters. The molecule has 9 heteroatoms. The maximum atomic E-state index is 12.3. The third-order valence-corrected chi connectivity index (χ3v) is 5.12. The van der Waals surface area contributed by atoms with E-state index in [1.54, 1.807) is 12.1 Å². The van der Waals surface area contributed by atoms with E-state index in [-0.39, 0.29) is 15.9 Å². The highest BCUT2D eigenvalue weighted by molar-refractivity contribution is 7.89. The first kappa shape index (κ1) is 20.5. The van der Waals surface area contributed by atoms with Gasteiger partial charge in [0, 0.05) is 11.3 Å². The normalized spacial score (nSPS) is 10.8. The van der Waals surface area contributed by atoms with Gasteiger partial charge in [0.1, 0.15) is 0 Å². The van der Waals surface area contributed by atoms with Gasteiger partial charge in [-0.05, 0) is 59.7 Å². The van der Waals surface area contributed by atoms with E-state index >= 15 is 0 Å². The van der Waals surface area contributed by atoms with Crippen LogP contribution in [0.15, 0.2) is 83.8 Å². The van der Waals surface area contributed by atoms with Gasteiger partial charge in [0.15, 0.2) is 5.11 Å². The molecule has 0 unspecified atom stereocenters. The zero-order valence-corrected chi connectivity index (χ0v) is 16.8. The lowest BCUT2D eigenvalue weighted by atomic mass is 10.0. The first-order valence-electron chi connectivity index (χ1n) is 8.48. The van der Waals surface area contributed by atoms with E-state index in [0.29, 0.717) is 11.3 Å². The van der Waals surface area contributed by atoms with Crippen LogP contribution in [0.3, 0.4) is 0 Å². The van der Waals surface area contributed by atoms with Crippen molar-refractivity contribution < 1.29 is 13.2 Å². The smallest absolute Gasteiger partial charge is 0.269 e. The molecule has 0 radical (unpaired) electrons. The van der Waals surface area contributed by atoms with Gasteiger partial charge in [-0.2, -0.15) is 0 Å². The lowest BCUT2D eigenvalue weighted by Gasteiger charge is -2.12. The van der Waals surface area contributed by atoms with Crippen LogP contribution in [0.4, 0.5) is 5.69 Å². The predicted molar refractivity (Wildman–Crippen MR) is 117 cm³/mol. The van der Waals surface area contributed by atoms with Crippen LogP contribution < -0.4 is 21.3 Å². The summed E-state index contributed by atoms with van der Waals surface area (Å²) in [4.78, 5) is 12.3. The molecule has 0 heterocycles. The second-order valence-corrected chi connectivity index (χ2v) is 8.02. The summed E-state index contributed by atoms with van der Waals surface area (Å²) in [6, 6.07) is 22.8. The monoisotopic (exact) mass is 426 g/mol. The molecule has 3 aromatic carbocycles. The van der Waals surface area contributed by atoms with Gasteiger partial charge in [0.2, 0.25) is 10.0 Å². The number of hydrazine groups is 1. The average Bonchev–Trinajstić information content (AvgIpc) is 2.72. The van der Waals surface area contributed by atoms with E-state index in [4.69, 9.17) is 17.4 Å². The van der Waals surface area contributed by atoms with Crippen molar-refractivity contribution in [3.8, 4) is 11.1 Å². The highest BCUT2D eigenvalue weighted by Gasteiger charge is 2.08. The summed E-state index contributed by atoms with van der Waals surface area (Å²) in [6.45, 7) is 0. The largest absolute Gasteiger partial charge is 0.331 e. The minimum absolute atomic E-state index is 0.00539. The molecule has 0 fully saturated rings. The van der Waals surface area contributed by atoms with E-state index in [0.717, 1.165) is 11.1 Å². The Morgan fingerprint density at radius 1 is 0.793 bits per heavy atom. The third-order valence-electron chi connectivity index (χ3n) is 3.98. The van der Waals surface area contributed by atoms with Gasteiger partial charge in [0.05, 0.1) is 4.90 Å². The van der Waals surface area contributed by atoms with Crippen LogP contribution in [-0.2, 0) is 10.0 Å². The van der Waals surface area contributed by atoms with E-state index < -0.39 is 10.0 Å². The number of hydrogen-bond acceptors (Lipinski definition) is 4. The topological polar surface area (TPSA) is 113 Å². The van der Waals surface area contributed by atoms with Crippen LogP contribution in [0.2, 0.25) is 0 Å². The first-order valence-corrected chi connectivity index (χ1v) is 10.4. The Hall–Kier alpha value is -3.27. The molecular weight excluding hydrogens is 408 g/mol. The van der Waals surface area contributed by atoms with Crippen LogP contribution in [-0.4, -0.2) is 19.4 Å². The van der Waals surface area contributed by atoms with E-state index in [1.165, 1.54) is 24.3 Å². The Morgan fingerprint density at radius 2 is 1.38 bits per heavy atom. The summed E-state index contributed by atoms with van der Waals surface area (Å²) in [7, 11) is -3.75. The van der Waals surface area contributed by atoms with Gasteiger partial charge in [-0.3, -0.25) is 15.6 Å². The van der Waals surface area contributed by atoms with E-state index in [2.05, 4.69) is 16.2 Å². The molecule has 148 valence electrons. The first-order chi connectivity index (χ1) is 13.8. The molecule has 5 N–H and O–H groups in total. The number of carbonyl (C=O) groups excluding carboxylic acids is 1. The molecule has 3 rings (SSSR count). The fourth-order valence-corrected chi connectivity index (χ4v) is 3.20. The van der Waals surface area contributed by atoms with Gasteiger partial charge in [-0.1, -0.05) is 42.5 Å². The van der Waals surface area contributed by atoms with Crippen LogP contribution in [0, 0.1) is 0 Å². The summed E-state index contributed by atoms with van der Waals surface area (Å²) in [6.07, 6.45) is 0. The number of hydrogen-bond donors (Lipinski definition) is 4. The van der Waals surface area contributed by atoms with E-state index in [1.807, 2.05) is 42.5 Å². The van der Waals surface area contributed by atoms with Crippen molar-refractivity contribution in [1.82, 2.24) is 10.9 Å². The molecule has 0 saturated heterocycles. The van der Waals surface area contributed by atoms with Crippen molar-refractivity contribution in [1.29, 1.82) is 0 Å². The van der Waals surface area contributed by atoms with Crippen molar-refractivity contribution in [2.24, 2.45) is 5.14 Å². The quantitative estimate of drug-likeness (QED) is 0.377. The van der Waals surface area contributed by atoms with Gasteiger partial charge >= 0.3 is 0 Å². The number of sulfonamides is 1. The van der Waals surface area contributed by atoms with Crippen molar-refractivity contribution in [3.63, 3.8) is 0 Å². The molecule has 0 aliphatic heterocycles. The third kappa shape index (κ3) is 5.61. The molecule has 0 aliphatic rings. The summed E-state index contributed by atoms with van der Waals surface area (Å²) in [5.41, 5.74) is 8.19. The summed E-state index contributed by atoms with van der Waals surface area (Å²) in [5, 5.41) is 8.02. The molecule has 0 spiro atoms. The Labute approximate surface area is 174 Å². The highest BCUT2D eigenvalue weighted by atomic mass is 32.2. The summed E-state index contributed by atoms with van der Waals surface area (Å²) in [5.74, 6) is -0.349. The maximum Gasteiger partial charge on any atom is 0.269 e.